The molecule has 1 aliphatic heterocycles. The molecule has 1 atom stereocenters. The maximum Gasteiger partial charge on any atom is 0.326 e. The summed E-state index contributed by atoms with van der Waals surface area (Å²) in [6, 6.07) is 21.5. The monoisotopic (exact) mass is 461 g/mol. The summed E-state index contributed by atoms with van der Waals surface area (Å²) in [5, 5.41) is 8.95. The van der Waals surface area contributed by atoms with Crippen molar-refractivity contribution in [1.82, 2.24) is 4.72 Å². The Hall–Kier alpha value is -4.03. The van der Waals surface area contributed by atoms with Crippen molar-refractivity contribution in [3.05, 3.63) is 83.4 Å². The Balaban J connectivity index is 1.31. The lowest BCUT2D eigenvalue weighted by atomic mass is 10.1. The fourth-order valence-corrected chi connectivity index (χ4v) is 5.21. The molecule has 1 fully saturated rings. The molecular formula is C24H19N3O5S. The van der Waals surface area contributed by atoms with Crippen molar-refractivity contribution in [1.29, 1.82) is 5.26 Å². The molecule has 3 aromatic rings. The summed E-state index contributed by atoms with van der Waals surface area (Å²) in [6.07, 6.45) is 1.42. The standard InChI is InChI=1S/C24H19N3O5S/c25-14-16-4-8-18(9-5-16)31-22-3-1-2-20-21(22)12-13-23(20)32-19-10-6-17(7-11-19)27-15-24(28)26-33(27,29)30/h1-11,23H,12-13,15H2,(H,26,28)/t23-/m1/s1. The third-order valence-corrected chi connectivity index (χ3v) is 7.01. The molecule has 8 nitrogen and oxygen atoms in total. The third kappa shape index (κ3) is 4.08. The van der Waals surface area contributed by atoms with Gasteiger partial charge in [0.05, 0.1) is 17.3 Å². The number of anilines is 1. The molecule has 0 saturated carbocycles. The van der Waals surface area contributed by atoms with Crippen LogP contribution in [0.5, 0.6) is 17.2 Å². The third-order valence-electron chi connectivity index (χ3n) is 5.61. The molecule has 0 radical (unpaired) electrons. The van der Waals surface area contributed by atoms with Crippen molar-refractivity contribution in [3.63, 3.8) is 0 Å². The predicted octanol–water partition coefficient (Wildman–Crippen LogP) is 3.60. The SMILES string of the molecule is N#Cc1ccc(Oc2cccc3c2CC[C@H]3Oc2ccc(N3CC(=O)NS3(=O)=O)cc2)cc1. The highest BCUT2D eigenvalue weighted by atomic mass is 32.2. The number of nitriles is 1. The largest absolute Gasteiger partial charge is 0.486 e. The van der Waals surface area contributed by atoms with E-state index in [9.17, 15) is 13.2 Å². The van der Waals surface area contributed by atoms with E-state index in [0.29, 0.717) is 22.7 Å². The molecule has 0 unspecified atom stereocenters. The first-order valence-electron chi connectivity index (χ1n) is 10.3. The summed E-state index contributed by atoms with van der Waals surface area (Å²) in [5.41, 5.74) is 3.09. The number of nitrogens with zero attached hydrogens (tertiary/aromatic N) is 2. The fourth-order valence-electron chi connectivity index (χ4n) is 4.06. The molecule has 2 aliphatic rings. The zero-order valence-corrected chi connectivity index (χ0v) is 18.2. The molecule has 1 amide bonds. The minimum absolute atomic E-state index is 0.158. The van der Waals surface area contributed by atoms with E-state index in [1.54, 1.807) is 48.5 Å². The summed E-state index contributed by atoms with van der Waals surface area (Å²) >= 11 is 0. The second-order valence-corrected chi connectivity index (χ2v) is 9.33. The predicted molar refractivity (Wildman–Crippen MR) is 120 cm³/mol. The first-order valence-corrected chi connectivity index (χ1v) is 11.8. The maximum atomic E-state index is 12.0. The Morgan fingerprint density at radius 1 is 1.00 bits per heavy atom. The smallest absolute Gasteiger partial charge is 0.326 e. The van der Waals surface area contributed by atoms with Crippen molar-refractivity contribution in [2.24, 2.45) is 0 Å². The van der Waals surface area contributed by atoms with Crippen molar-refractivity contribution in [2.45, 2.75) is 18.9 Å². The van der Waals surface area contributed by atoms with Crippen molar-refractivity contribution in [3.8, 4) is 23.3 Å². The van der Waals surface area contributed by atoms with Crippen LogP contribution in [0.25, 0.3) is 0 Å². The van der Waals surface area contributed by atoms with Gasteiger partial charge >= 0.3 is 10.2 Å². The van der Waals surface area contributed by atoms with Crippen LogP contribution in [-0.4, -0.2) is 20.9 Å². The summed E-state index contributed by atoms with van der Waals surface area (Å²) < 4.78 is 39.2. The van der Waals surface area contributed by atoms with E-state index >= 15 is 0 Å². The summed E-state index contributed by atoms with van der Waals surface area (Å²) in [5.74, 6) is 1.46. The van der Waals surface area contributed by atoms with Crippen LogP contribution >= 0.6 is 0 Å². The lowest BCUT2D eigenvalue weighted by molar-refractivity contribution is -0.117. The van der Waals surface area contributed by atoms with Crippen LogP contribution in [0.4, 0.5) is 5.69 Å². The Labute approximate surface area is 191 Å². The zero-order valence-electron chi connectivity index (χ0n) is 17.4. The van der Waals surface area contributed by atoms with Gasteiger partial charge in [0.15, 0.2) is 0 Å². The van der Waals surface area contributed by atoms with Crippen LogP contribution in [0.2, 0.25) is 0 Å². The minimum atomic E-state index is -3.84. The number of benzene rings is 3. The number of amides is 1. The number of rotatable bonds is 5. The highest BCUT2D eigenvalue weighted by Gasteiger charge is 2.34. The normalized spacial score (nSPS) is 18.3. The summed E-state index contributed by atoms with van der Waals surface area (Å²) in [4.78, 5) is 11.4. The minimum Gasteiger partial charge on any atom is -0.486 e. The molecular weight excluding hydrogens is 442 g/mol. The number of nitrogens with one attached hydrogen (secondary N) is 1. The van der Waals surface area contributed by atoms with Gasteiger partial charge in [-0.3, -0.25) is 4.79 Å². The maximum absolute atomic E-state index is 12.0. The molecule has 3 aromatic carbocycles. The zero-order chi connectivity index (χ0) is 23.0. The second-order valence-electron chi connectivity index (χ2n) is 7.74. The average Bonchev–Trinajstić information content (AvgIpc) is 3.34. The fraction of sp³-hybridized carbons (Fsp3) is 0.167. The second kappa shape index (κ2) is 8.15. The Morgan fingerprint density at radius 3 is 2.39 bits per heavy atom. The highest BCUT2D eigenvalue weighted by molar-refractivity contribution is 7.92. The molecule has 5 rings (SSSR count). The van der Waals surface area contributed by atoms with Crippen molar-refractivity contribution < 1.29 is 22.7 Å². The van der Waals surface area contributed by atoms with Crippen LogP contribution in [0, 0.1) is 11.3 Å². The number of carbonyl (C=O) groups excluding carboxylic acids is 1. The van der Waals surface area contributed by atoms with Crippen molar-refractivity contribution in [2.75, 3.05) is 10.8 Å². The van der Waals surface area contributed by atoms with E-state index in [0.717, 1.165) is 34.0 Å². The van der Waals surface area contributed by atoms with E-state index in [1.807, 2.05) is 22.9 Å². The summed E-state index contributed by atoms with van der Waals surface area (Å²) in [7, 11) is -3.84. The topological polar surface area (TPSA) is 109 Å². The molecule has 0 bridgehead atoms. The van der Waals surface area contributed by atoms with Gasteiger partial charge in [-0.1, -0.05) is 12.1 Å². The number of hydrogen-bond acceptors (Lipinski definition) is 6. The van der Waals surface area contributed by atoms with Crippen LogP contribution in [-0.2, 0) is 21.4 Å². The van der Waals surface area contributed by atoms with Gasteiger partial charge in [0.2, 0.25) is 0 Å². The number of fused-ring (bicyclic) bond motifs is 1. The quantitative estimate of drug-likeness (QED) is 0.622. The van der Waals surface area contributed by atoms with Crippen LogP contribution in [0.3, 0.4) is 0 Å². The van der Waals surface area contributed by atoms with Crippen LogP contribution in [0.1, 0.15) is 29.2 Å². The van der Waals surface area contributed by atoms with Gasteiger partial charge in [0.1, 0.15) is 29.9 Å². The highest BCUT2D eigenvalue weighted by Crippen LogP contribution is 2.41. The molecule has 9 heteroatoms. The molecule has 1 aliphatic carbocycles. The molecule has 0 spiro atoms. The number of carbonyl (C=O) groups is 1. The van der Waals surface area contributed by atoms with E-state index in [2.05, 4.69) is 6.07 Å². The molecule has 33 heavy (non-hydrogen) atoms. The first-order chi connectivity index (χ1) is 15.9. The van der Waals surface area contributed by atoms with E-state index in [1.165, 1.54) is 0 Å². The Kier molecular flexibility index (Phi) is 5.15. The molecule has 1 N–H and O–H groups in total. The number of hydrogen-bond donors (Lipinski definition) is 1. The van der Waals surface area contributed by atoms with Gasteiger partial charge < -0.3 is 9.47 Å². The molecule has 0 aromatic heterocycles. The van der Waals surface area contributed by atoms with E-state index in [-0.39, 0.29) is 12.6 Å². The van der Waals surface area contributed by atoms with Gasteiger partial charge in [0, 0.05) is 5.56 Å². The van der Waals surface area contributed by atoms with Gasteiger partial charge in [-0.15, -0.1) is 0 Å². The van der Waals surface area contributed by atoms with Crippen LogP contribution in [0.15, 0.2) is 66.7 Å². The first kappa shape index (κ1) is 20.8. The Morgan fingerprint density at radius 2 is 1.73 bits per heavy atom. The average molecular weight is 461 g/mol. The van der Waals surface area contributed by atoms with Crippen LogP contribution < -0.4 is 18.5 Å². The summed E-state index contributed by atoms with van der Waals surface area (Å²) in [6.45, 7) is -0.236. The lowest BCUT2D eigenvalue weighted by Crippen LogP contribution is -2.29. The van der Waals surface area contributed by atoms with E-state index in [4.69, 9.17) is 14.7 Å². The van der Waals surface area contributed by atoms with Crippen molar-refractivity contribution >= 4 is 21.8 Å². The lowest BCUT2D eigenvalue weighted by Gasteiger charge is -2.18. The van der Waals surface area contributed by atoms with Gasteiger partial charge in [0.25, 0.3) is 5.91 Å². The molecule has 1 heterocycles. The molecule has 166 valence electrons. The van der Waals surface area contributed by atoms with Gasteiger partial charge in [-0.2, -0.15) is 13.7 Å². The van der Waals surface area contributed by atoms with Gasteiger partial charge in [-0.05, 0) is 73.0 Å². The molecule has 1 saturated heterocycles. The Bertz CT molecular complexity index is 1360. The van der Waals surface area contributed by atoms with E-state index < -0.39 is 16.1 Å². The number of ether oxygens (including phenoxy) is 2. The van der Waals surface area contributed by atoms with Gasteiger partial charge in [-0.25, -0.2) is 9.03 Å².